The SMILES string of the molecule is CC1CN(Cc2cccc(CNC(=O)c3ccccc3SCc3cn4ccccc4n3)c2)CCO1. The molecule has 1 atom stereocenters. The molecule has 4 aromatic rings. The Hall–Kier alpha value is -3.13. The molecule has 0 bridgehead atoms. The highest BCUT2D eigenvalue weighted by molar-refractivity contribution is 7.98. The average Bonchev–Trinajstić information content (AvgIpc) is 3.30. The molecule has 1 saturated heterocycles. The number of hydrogen-bond donors (Lipinski definition) is 1. The Kier molecular flexibility index (Phi) is 7.47. The molecule has 0 spiro atoms. The summed E-state index contributed by atoms with van der Waals surface area (Å²) in [5, 5.41) is 3.11. The van der Waals surface area contributed by atoms with E-state index >= 15 is 0 Å². The Morgan fingerprint density at radius 2 is 1.97 bits per heavy atom. The quantitative estimate of drug-likeness (QED) is 0.363. The van der Waals surface area contributed by atoms with E-state index in [4.69, 9.17) is 4.74 Å². The molecule has 0 radical (unpaired) electrons. The number of hydrogen-bond acceptors (Lipinski definition) is 5. The van der Waals surface area contributed by atoms with Gasteiger partial charge in [-0.3, -0.25) is 9.69 Å². The van der Waals surface area contributed by atoms with Crippen LogP contribution in [-0.4, -0.2) is 46.0 Å². The van der Waals surface area contributed by atoms with Gasteiger partial charge in [-0.05, 0) is 42.3 Å². The summed E-state index contributed by atoms with van der Waals surface area (Å²) in [5.41, 5.74) is 4.98. The Morgan fingerprint density at radius 3 is 2.86 bits per heavy atom. The third-order valence-electron chi connectivity index (χ3n) is 6.10. The van der Waals surface area contributed by atoms with E-state index in [0.29, 0.717) is 17.9 Å². The summed E-state index contributed by atoms with van der Waals surface area (Å²) in [6.45, 7) is 6.20. The predicted molar refractivity (Wildman–Crippen MR) is 139 cm³/mol. The van der Waals surface area contributed by atoms with Crippen LogP contribution >= 0.6 is 11.8 Å². The second-order valence-electron chi connectivity index (χ2n) is 8.90. The number of nitrogens with one attached hydrogen (secondary N) is 1. The second-order valence-corrected chi connectivity index (χ2v) is 9.92. The zero-order valence-corrected chi connectivity index (χ0v) is 20.7. The van der Waals surface area contributed by atoms with Crippen molar-refractivity contribution in [1.29, 1.82) is 0 Å². The molecular weight excluding hydrogens is 456 g/mol. The van der Waals surface area contributed by atoms with Crippen molar-refractivity contribution in [2.45, 2.75) is 36.8 Å². The van der Waals surface area contributed by atoms with Gasteiger partial charge in [-0.15, -0.1) is 11.8 Å². The molecule has 1 amide bonds. The van der Waals surface area contributed by atoms with Gasteiger partial charge in [-0.25, -0.2) is 4.98 Å². The van der Waals surface area contributed by atoms with Gasteiger partial charge in [0.15, 0.2) is 0 Å². The molecule has 2 aromatic carbocycles. The summed E-state index contributed by atoms with van der Waals surface area (Å²) >= 11 is 1.63. The van der Waals surface area contributed by atoms with Gasteiger partial charge in [-0.1, -0.05) is 42.5 Å². The smallest absolute Gasteiger partial charge is 0.252 e. The van der Waals surface area contributed by atoms with Gasteiger partial charge in [0.2, 0.25) is 0 Å². The van der Waals surface area contributed by atoms with Crippen molar-refractivity contribution >= 4 is 23.3 Å². The molecule has 5 rings (SSSR count). The van der Waals surface area contributed by atoms with Crippen LogP contribution in [0.1, 0.15) is 34.1 Å². The first-order valence-electron chi connectivity index (χ1n) is 12.0. The zero-order valence-electron chi connectivity index (χ0n) is 19.9. The van der Waals surface area contributed by atoms with E-state index in [2.05, 4.69) is 46.4 Å². The normalized spacial score (nSPS) is 16.4. The lowest BCUT2D eigenvalue weighted by molar-refractivity contribution is -0.0212. The molecule has 6 nitrogen and oxygen atoms in total. The van der Waals surface area contributed by atoms with Crippen molar-refractivity contribution in [3.05, 3.63) is 102 Å². The summed E-state index contributed by atoms with van der Waals surface area (Å²) in [6.07, 6.45) is 4.31. The van der Waals surface area contributed by atoms with Gasteiger partial charge < -0.3 is 14.5 Å². The number of imidazole rings is 1. The largest absolute Gasteiger partial charge is 0.376 e. The highest BCUT2D eigenvalue weighted by Crippen LogP contribution is 2.26. The Balaban J connectivity index is 1.19. The minimum absolute atomic E-state index is 0.0597. The molecule has 3 heterocycles. The number of amides is 1. The van der Waals surface area contributed by atoms with Crippen LogP contribution in [0.25, 0.3) is 5.65 Å². The minimum atomic E-state index is -0.0597. The second kappa shape index (κ2) is 11.1. The monoisotopic (exact) mass is 486 g/mol. The van der Waals surface area contributed by atoms with E-state index in [1.807, 2.05) is 59.3 Å². The summed E-state index contributed by atoms with van der Waals surface area (Å²) in [5.74, 6) is 0.643. The lowest BCUT2D eigenvalue weighted by Crippen LogP contribution is -2.40. The highest BCUT2D eigenvalue weighted by Gasteiger charge is 2.17. The van der Waals surface area contributed by atoms with Crippen LogP contribution in [0.3, 0.4) is 0 Å². The number of fused-ring (bicyclic) bond motifs is 1. The van der Waals surface area contributed by atoms with E-state index in [9.17, 15) is 4.79 Å². The summed E-state index contributed by atoms with van der Waals surface area (Å²) in [7, 11) is 0. The molecule has 7 heteroatoms. The van der Waals surface area contributed by atoms with Gasteiger partial charge in [0.25, 0.3) is 5.91 Å². The standard InChI is InChI=1S/C28H30N4O2S/c1-21-17-31(13-14-34-21)18-23-8-6-7-22(15-23)16-29-28(33)25-9-2-3-10-26(25)35-20-24-19-32-12-5-4-11-27(32)30-24/h2-12,15,19,21H,13-14,16-18,20H2,1H3,(H,29,33). The molecule has 2 aromatic heterocycles. The Labute approximate surface area is 210 Å². The van der Waals surface area contributed by atoms with Gasteiger partial charge in [0.1, 0.15) is 5.65 Å². The van der Waals surface area contributed by atoms with Crippen LogP contribution in [-0.2, 0) is 23.6 Å². The first-order chi connectivity index (χ1) is 17.1. The molecule has 1 N–H and O–H groups in total. The van der Waals surface area contributed by atoms with Crippen molar-refractivity contribution in [3.63, 3.8) is 0 Å². The number of benzene rings is 2. The molecule has 0 saturated carbocycles. The number of thioether (sulfide) groups is 1. The van der Waals surface area contributed by atoms with Crippen molar-refractivity contribution in [3.8, 4) is 0 Å². The van der Waals surface area contributed by atoms with E-state index in [1.54, 1.807) is 11.8 Å². The van der Waals surface area contributed by atoms with Crippen LogP contribution in [0.15, 0.2) is 84.0 Å². The van der Waals surface area contributed by atoms with Crippen molar-refractivity contribution in [1.82, 2.24) is 19.6 Å². The minimum Gasteiger partial charge on any atom is -0.376 e. The summed E-state index contributed by atoms with van der Waals surface area (Å²) < 4.78 is 7.66. The van der Waals surface area contributed by atoms with Crippen molar-refractivity contribution in [2.75, 3.05) is 19.7 Å². The highest BCUT2D eigenvalue weighted by atomic mass is 32.2. The number of ether oxygens (including phenoxy) is 1. The number of pyridine rings is 1. The van der Waals surface area contributed by atoms with Crippen LogP contribution in [0.2, 0.25) is 0 Å². The van der Waals surface area contributed by atoms with Crippen molar-refractivity contribution in [2.24, 2.45) is 0 Å². The fraction of sp³-hybridized carbons (Fsp3) is 0.286. The van der Waals surface area contributed by atoms with Crippen LogP contribution in [0.5, 0.6) is 0 Å². The van der Waals surface area contributed by atoms with E-state index in [0.717, 1.165) is 48.0 Å². The number of nitrogens with zero attached hydrogens (tertiary/aromatic N) is 3. The van der Waals surface area contributed by atoms with Gasteiger partial charge in [0, 0.05) is 49.2 Å². The maximum Gasteiger partial charge on any atom is 0.252 e. The van der Waals surface area contributed by atoms with Crippen molar-refractivity contribution < 1.29 is 9.53 Å². The fourth-order valence-corrected chi connectivity index (χ4v) is 5.33. The predicted octanol–water partition coefficient (Wildman–Crippen LogP) is 4.78. The molecule has 0 aliphatic carbocycles. The molecule has 1 unspecified atom stereocenters. The molecule has 180 valence electrons. The molecule has 1 fully saturated rings. The van der Waals surface area contributed by atoms with E-state index in [1.165, 1.54) is 5.56 Å². The Bertz CT molecular complexity index is 1270. The summed E-state index contributed by atoms with van der Waals surface area (Å²) in [6, 6.07) is 22.2. The molecule has 35 heavy (non-hydrogen) atoms. The lowest BCUT2D eigenvalue weighted by atomic mass is 10.1. The number of carbonyl (C=O) groups is 1. The van der Waals surface area contributed by atoms with E-state index in [-0.39, 0.29) is 12.0 Å². The average molecular weight is 487 g/mol. The lowest BCUT2D eigenvalue weighted by Gasteiger charge is -2.31. The molecule has 1 aliphatic rings. The Morgan fingerprint density at radius 1 is 1.11 bits per heavy atom. The summed E-state index contributed by atoms with van der Waals surface area (Å²) in [4.78, 5) is 21.1. The third kappa shape index (κ3) is 6.11. The number of aromatic nitrogens is 2. The topological polar surface area (TPSA) is 58.9 Å². The number of rotatable bonds is 8. The zero-order chi connectivity index (χ0) is 24.0. The van der Waals surface area contributed by atoms with Gasteiger partial charge in [-0.2, -0.15) is 0 Å². The maximum atomic E-state index is 13.1. The van der Waals surface area contributed by atoms with Crippen LogP contribution in [0, 0.1) is 0 Å². The molecular formula is C28H30N4O2S. The van der Waals surface area contributed by atoms with Gasteiger partial charge >= 0.3 is 0 Å². The maximum absolute atomic E-state index is 13.1. The number of carbonyl (C=O) groups excluding carboxylic acids is 1. The first kappa shape index (κ1) is 23.6. The molecule has 1 aliphatic heterocycles. The third-order valence-corrected chi connectivity index (χ3v) is 7.20. The fourth-order valence-electron chi connectivity index (χ4n) is 4.40. The van der Waals surface area contributed by atoms with Crippen LogP contribution < -0.4 is 5.32 Å². The van der Waals surface area contributed by atoms with E-state index < -0.39 is 0 Å². The number of morpholine rings is 1. The first-order valence-corrected chi connectivity index (χ1v) is 13.0. The van der Waals surface area contributed by atoms with Crippen LogP contribution in [0.4, 0.5) is 0 Å². The van der Waals surface area contributed by atoms with Gasteiger partial charge in [0.05, 0.1) is 24.0 Å².